The lowest BCUT2D eigenvalue weighted by Gasteiger charge is -2.25. The number of benzene rings is 2. The van der Waals surface area contributed by atoms with E-state index in [1.807, 2.05) is 35.2 Å². The molecule has 5 aromatic rings. The number of nitrogens with zero attached hydrogens (tertiary/aromatic N) is 5. The minimum atomic E-state index is -0.725. The number of ether oxygens (including phenoxy) is 1. The number of fused-ring (bicyclic) bond motifs is 7. The van der Waals surface area contributed by atoms with Crippen molar-refractivity contribution in [2.24, 2.45) is 0 Å². The number of pyridine rings is 1. The van der Waals surface area contributed by atoms with Crippen molar-refractivity contribution in [1.29, 1.82) is 0 Å². The molecule has 7 rings (SSSR count). The Kier molecular flexibility index (Phi) is 6.41. The Hall–Kier alpha value is -5.06. The highest BCUT2D eigenvalue weighted by atomic mass is 19.1. The molecule has 0 radical (unpaired) electrons. The van der Waals surface area contributed by atoms with Crippen molar-refractivity contribution in [1.82, 2.24) is 24.3 Å². The Labute approximate surface area is 239 Å². The Balaban J connectivity index is 1.26. The lowest BCUT2D eigenvalue weighted by atomic mass is 10.1. The van der Waals surface area contributed by atoms with Crippen molar-refractivity contribution in [3.05, 3.63) is 101 Å². The molecule has 0 aliphatic carbocycles. The summed E-state index contributed by atoms with van der Waals surface area (Å²) in [6.07, 6.45) is 5.45. The van der Waals surface area contributed by atoms with Crippen molar-refractivity contribution < 1.29 is 18.3 Å². The average molecular weight is 569 g/mol. The molecule has 212 valence electrons. The number of rotatable bonds is 2. The Morgan fingerprint density at radius 3 is 2.76 bits per heavy atom. The van der Waals surface area contributed by atoms with Gasteiger partial charge in [-0.3, -0.25) is 14.0 Å². The van der Waals surface area contributed by atoms with Gasteiger partial charge in [0.1, 0.15) is 40.9 Å². The maximum Gasteiger partial charge on any atom is 0.250 e. The summed E-state index contributed by atoms with van der Waals surface area (Å²) in [6, 6.07) is 15.6. The molecule has 2 aliphatic rings. The molecule has 1 amide bonds. The van der Waals surface area contributed by atoms with E-state index in [4.69, 9.17) is 4.74 Å². The third kappa shape index (κ3) is 4.56. The summed E-state index contributed by atoms with van der Waals surface area (Å²) in [7, 11) is 0. The Morgan fingerprint density at radius 2 is 1.88 bits per heavy atom. The van der Waals surface area contributed by atoms with Gasteiger partial charge >= 0.3 is 0 Å². The van der Waals surface area contributed by atoms with Gasteiger partial charge in [0, 0.05) is 49.6 Å². The van der Waals surface area contributed by atoms with Crippen LogP contribution in [0, 0.1) is 11.6 Å². The van der Waals surface area contributed by atoms with Crippen LogP contribution in [-0.2, 0) is 11.3 Å². The second kappa shape index (κ2) is 10.4. The van der Waals surface area contributed by atoms with Crippen LogP contribution in [0.4, 0.5) is 14.6 Å². The Morgan fingerprint density at radius 1 is 1.00 bits per heavy atom. The first-order chi connectivity index (χ1) is 20.5. The van der Waals surface area contributed by atoms with E-state index in [9.17, 15) is 18.4 Å². The smallest absolute Gasteiger partial charge is 0.250 e. The predicted molar refractivity (Wildman–Crippen MR) is 152 cm³/mol. The van der Waals surface area contributed by atoms with E-state index in [1.165, 1.54) is 18.2 Å². The first-order valence-corrected chi connectivity index (χ1v) is 13.7. The van der Waals surface area contributed by atoms with Crippen LogP contribution in [-0.4, -0.2) is 50.1 Å². The van der Waals surface area contributed by atoms with Crippen LogP contribution in [0.3, 0.4) is 0 Å². The van der Waals surface area contributed by atoms with Crippen molar-refractivity contribution in [2.75, 3.05) is 18.0 Å². The molecule has 0 spiro atoms. The molecule has 1 fully saturated rings. The zero-order valence-electron chi connectivity index (χ0n) is 22.4. The zero-order chi connectivity index (χ0) is 28.8. The van der Waals surface area contributed by atoms with Crippen LogP contribution in [0.25, 0.3) is 28.2 Å². The van der Waals surface area contributed by atoms with E-state index in [1.54, 1.807) is 33.6 Å². The Bertz CT molecular complexity index is 1890. The number of amides is 1. The third-order valence-corrected chi connectivity index (χ3v) is 7.79. The van der Waals surface area contributed by atoms with Crippen LogP contribution < -0.4 is 20.5 Å². The average Bonchev–Trinajstić information content (AvgIpc) is 3.60. The van der Waals surface area contributed by atoms with Gasteiger partial charge < -0.3 is 19.5 Å². The van der Waals surface area contributed by atoms with E-state index in [0.717, 1.165) is 17.3 Å². The molecule has 0 saturated carbocycles. The van der Waals surface area contributed by atoms with Gasteiger partial charge in [-0.25, -0.2) is 18.7 Å². The van der Waals surface area contributed by atoms with Gasteiger partial charge in [0.2, 0.25) is 5.91 Å². The number of hydrogen-bond acceptors (Lipinski definition) is 6. The standard InChI is InChI=1S/C31H26F2N6O3/c32-20-8-9-23(24(33)15-20)29-36-17-27-30(34-11-13-38(27)29)39-18-22-16-26(39)31(41)35-10-3-12-37-25(6-2-7-28(37)40)19-4-1-5-21(14-19)42-22/h1-2,4-9,11,13-15,17,22,26H,3,10,12,16,18H2,(H,35,41)/t22-,26-/m0/s1. The molecule has 2 aliphatic heterocycles. The normalized spacial score (nSPS) is 18.7. The summed E-state index contributed by atoms with van der Waals surface area (Å²) in [5.74, 6) is -0.153. The molecule has 2 atom stereocenters. The largest absolute Gasteiger partial charge is 0.488 e. The van der Waals surface area contributed by atoms with E-state index in [2.05, 4.69) is 15.3 Å². The number of aromatic nitrogens is 4. The molecular weight excluding hydrogens is 542 g/mol. The van der Waals surface area contributed by atoms with Crippen molar-refractivity contribution in [3.8, 4) is 28.4 Å². The fraction of sp³-hybridized carbons (Fsp3) is 0.226. The summed E-state index contributed by atoms with van der Waals surface area (Å²) in [6.45, 7) is 1.20. The summed E-state index contributed by atoms with van der Waals surface area (Å²) in [5.41, 5.74) is 2.26. The van der Waals surface area contributed by atoms with Crippen LogP contribution in [0.2, 0.25) is 0 Å². The summed E-state index contributed by atoms with van der Waals surface area (Å²) in [4.78, 5) is 37.2. The lowest BCUT2D eigenvalue weighted by molar-refractivity contribution is -0.122. The van der Waals surface area contributed by atoms with E-state index < -0.39 is 17.7 Å². The van der Waals surface area contributed by atoms with Crippen LogP contribution in [0.5, 0.6) is 5.75 Å². The van der Waals surface area contributed by atoms with Gasteiger partial charge in [0.15, 0.2) is 5.82 Å². The quantitative estimate of drug-likeness (QED) is 0.346. The molecule has 1 N–H and O–H groups in total. The topological polar surface area (TPSA) is 93.8 Å². The van der Waals surface area contributed by atoms with E-state index in [-0.39, 0.29) is 23.1 Å². The van der Waals surface area contributed by atoms with Crippen molar-refractivity contribution in [2.45, 2.75) is 31.5 Å². The van der Waals surface area contributed by atoms with Crippen molar-refractivity contribution in [3.63, 3.8) is 0 Å². The van der Waals surface area contributed by atoms with Gasteiger partial charge in [0.05, 0.1) is 24.0 Å². The summed E-state index contributed by atoms with van der Waals surface area (Å²) >= 11 is 0. The monoisotopic (exact) mass is 568 g/mol. The van der Waals surface area contributed by atoms with E-state index in [0.29, 0.717) is 55.4 Å². The number of hydrogen-bond donors (Lipinski definition) is 1. The second-order valence-electron chi connectivity index (χ2n) is 10.4. The molecule has 42 heavy (non-hydrogen) atoms. The number of anilines is 1. The molecule has 1 saturated heterocycles. The number of carbonyl (C=O) groups excluding carboxylic acids is 1. The zero-order valence-corrected chi connectivity index (χ0v) is 22.4. The van der Waals surface area contributed by atoms with Crippen LogP contribution >= 0.6 is 0 Å². The lowest BCUT2D eigenvalue weighted by Crippen LogP contribution is -2.44. The summed E-state index contributed by atoms with van der Waals surface area (Å²) < 4.78 is 38.0. The van der Waals surface area contributed by atoms with Crippen LogP contribution in [0.1, 0.15) is 12.8 Å². The fourth-order valence-electron chi connectivity index (χ4n) is 5.86. The molecule has 4 bridgehead atoms. The third-order valence-electron chi connectivity index (χ3n) is 7.79. The van der Waals surface area contributed by atoms with Gasteiger partial charge in [-0.05, 0) is 36.8 Å². The molecule has 9 nitrogen and oxygen atoms in total. The van der Waals surface area contributed by atoms with Gasteiger partial charge in [-0.2, -0.15) is 0 Å². The van der Waals surface area contributed by atoms with Crippen molar-refractivity contribution >= 4 is 17.2 Å². The summed E-state index contributed by atoms with van der Waals surface area (Å²) in [5, 5.41) is 3.03. The number of carbonyl (C=O) groups is 1. The highest BCUT2D eigenvalue weighted by Crippen LogP contribution is 2.33. The highest BCUT2D eigenvalue weighted by molar-refractivity contribution is 5.88. The SMILES string of the molecule is O=C1NCCCn2c(cccc2=O)-c2cccc(c2)O[C@H]2C[C@@H]1N(c1nccn3c(-c4ccc(F)cc4F)ncc13)C2. The highest BCUT2D eigenvalue weighted by Gasteiger charge is 2.40. The molecule has 2 aromatic carbocycles. The minimum Gasteiger partial charge on any atom is -0.488 e. The van der Waals surface area contributed by atoms with Gasteiger partial charge in [-0.15, -0.1) is 0 Å². The molecule has 5 heterocycles. The van der Waals surface area contributed by atoms with Gasteiger partial charge in [0.25, 0.3) is 5.56 Å². The fourth-order valence-corrected chi connectivity index (χ4v) is 5.86. The maximum atomic E-state index is 14.7. The molecule has 3 aromatic heterocycles. The predicted octanol–water partition coefficient (Wildman–Crippen LogP) is 4.05. The minimum absolute atomic E-state index is 0.108. The molecule has 0 unspecified atom stereocenters. The first kappa shape index (κ1) is 25.9. The molecular formula is C31H26F2N6O3. The molecule has 11 heteroatoms. The number of halogens is 2. The maximum absolute atomic E-state index is 14.7. The van der Waals surface area contributed by atoms with Gasteiger partial charge in [-0.1, -0.05) is 18.2 Å². The number of imidazole rings is 1. The van der Waals surface area contributed by atoms with E-state index >= 15 is 0 Å². The second-order valence-corrected chi connectivity index (χ2v) is 10.4. The first-order valence-electron chi connectivity index (χ1n) is 13.7. The van der Waals surface area contributed by atoms with Crippen LogP contribution in [0.15, 0.2) is 84.0 Å². The number of nitrogens with one attached hydrogen (secondary N) is 1.